The van der Waals surface area contributed by atoms with Gasteiger partial charge < -0.3 is 9.73 Å². The molecule has 1 aliphatic rings. The Balaban J connectivity index is 2.31. The summed E-state index contributed by atoms with van der Waals surface area (Å²) in [4.78, 5) is 0.304. The Kier molecular flexibility index (Phi) is 4.01. The van der Waals surface area contributed by atoms with E-state index in [1.807, 2.05) is 6.92 Å². The van der Waals surface area contributed by atoms with Gasteiger partial charge in [0.25, 0.3) is 0 Å². The van der Waals surface area contributed by atoms with Crippen molar-refractivity contribution in [3.8, 4) is 0 Å². The molecule has 0 bridgehead atoms. The van der Waals surface area contributed by atoms with Crippen molar-refractivity contribution in [1.82, 2.24) is 10.0 Å². The van der Waals surface area contributed by atoms with Crippen LogP contribution in [0.4, 0.5) is 0 Å². The molecule has 1 aromatic heterocycles. The zero-order valence-electron chi connectivity index (χ0n) is 12.8. The van der Waals surface area contributed by atoms with Gasteiger partial charge in [-0.15, -0.1) is 0 Å². The van der Waals surface area contributed by atoms with Crippen molar-refractivity contribution in [2.45, 2.75) is 58.5 Å². The number of rotatable bonds is 6. The Morgan fingerprint density at radius 3 is 2.40 bits per heavy atom. The van der Waals surface area contributed by atoms with E-state index in [4.69, 9.17) is 4.42 Å². The maximum Gasteiger partial charge on any atom is 0.244 e. The van der Waals surface area contributed by atoms with E-state index in [9.17, 15) is 8.42 Å². The summed E-state index contributed by atoms with van der Waals surface area (Å²) in [5, 5.41) is 3.16. The highest BCUT2D eigenvalue weighted by molar-refractivity contribution is 7.89. The molecule has 1 aromatic rings. The number of sulfonamides is 1. The van der Waals surface area contributed by atoms with Gasteiger partial charge in [0.05, 0.1) is 0 Å². The fourth-order valence-corrected chi connectivity index (χ4v) is 4.29. The Bertz CT molecular complexity index is 602. The second-order valence-electron chi connectivity index (χ2n) is 6.17. The third-order valence-electron chi connectivity index (χ3n) is 3.96. The minimum absolute atomic E-state index is 0.0223. The molecule has 6 heteroatoms. The van der Waals surface area contributed by atoms with Gasteiger partial charge in [-0.1, -0.05) is 20.8 Å². The number of hydrogen-bond acceptors (Lipinski definition) is 4. The minimum Gasteiger partial charge on any atom is -0.465 e. The lowest BCUT2D eigenvalue weighted by molar-refractivity contribution is 0.492. The van der Waals surface area contributed by atoms with E-state index in [1.165, 1.54) is 0 Å². The molecule has 0 amide bonds. The van der Waals surface area contributed by atoms with E-state index in [0.29, 0.717) is 23.0 Å². The molecule has 0 radical (unpaired) electrons. The van der Waals surface area contributed by atoms with Gasteiger partial charge in [-0.3, -0.25) is 0 Å². The Morgan fingerprint density at radius 1 is 1.30 bits per heavy atom. The average Bonchev–Trinajstić information content (AvgIpc) is 2.76. The summed E-state index contributed by atoms with van der Waals surface area (Å²) in [6.07, 6.45) is 0.880. The Hall–Kier alpha value is -0.850. The molecule has 0 saturated heterocycles. The second-order valence-corrected chi connectivity index (χ2v) is 7.82. The zero-order valence-corrected chi connectivity index (χ0v) is 13.6. The molecule has 114 valence electrons. The molecule has 0 aromatic carbocycles. The highest BCUT2D eigenvalue weighted by Gasteiger charge is 2.48. The molecular formula is C14H24N2O3S. The lowest BCUT2D eigenvalue weighted by Crippen LogP contribution is -2.30. The van der Waals surface area contributed by atoms with Crippen LogP contribution in [0.5, 0.6) is 0 Å². The van der Waals surface area contributed by atoms with Crippen LogP contribution in [-0.4, -0.2) is 21.0 Å². The van der Waals surface area contributed by atoms with Crippen molar-refractivity contribution < 1.29 is 12.8 Å². The SMILES string of the molecule is CCNCc1c(C)oc(C)c1S(=O)(=O)NC1CC1(C)C. The number of aryl methyl sites for hydroxylation is 2. The lowest BCUT2D eigenvalue weighted by Gasteiger charge is -2.10. The maximum atomic E-state index is 12.6. The highest BCUT2D eigenvalue weighted by Crippen LogP contribution is 2.45. The van der Waals surface area contributed by atoms with Crippen LogP contribution in [0.25, 0.3) is 0 Å². The summed E-state index contributed by atoms with van der Waals surface area (Å²) in [6.45, 7) is 10.9. The van der Waals surface area contributed by atoms with Gasteiger partial charge in [-0.05, 0) is 32.2 Å². The predicted octanol–water partition coefficient (Wildman–Crippen LogP) is 2.08. The summed E-state index contributed by atoms with van der Waals surface area (Å²) in [5.74, 6) is 1.13. The van der Waals surface area contributed by atoms with E-state index < -0.39 is 10.0 Å². The number of nitrogens with one attached hydrogen (secondary N) is 2. The first kappa shape index (κ1) is 15.5. The summed E-state index contributed by atoms with van der Waals surface area (Å²) in [5.41, 5.74) is 0.789. The summed E-state index contributed by atoms with van der Waals surface area (Å²) in [6, 6.07) is 0.0223. The topological polar surface area (TPSA) is 71.3 Å². The van der Waals surface area contributed by atoms with Crippen LogP contribution >= 0.6 is 0 Å². The van der Waals surface area contributed by atoms with Crippen LogP contribution < -0.4 is 10.0 Å². The Labute approximate surface area is 121 Å². The van der Waals surface area contributed by atoms with Crippen LogP contribution in [0.15, 0.2) is 9.31 Å². The number of hydrogen-bond donors (Lipinski definition) is 2. The molecule has 0 spiro atoms. The first-order chi connectivity index (χ1) is 9.19. The second kappa shape index (κ2) is 5.16. The fraction of sp³-hybridized carbons (Fsp3) is 0.714. The van der Waals surface area contributed by atoms with E-state index >= 15 is 0 Å². The monoisotopic (exact) mass is 300 g/mol. The van der Waals surface area contributed by atoms with Gasteiger partial charge in [0, 0.05) is 18.2 Å². The molecule has 20 heavy (non-hydrogen) atoms. The zero-order chi connectivity index (χ0) is 15.1. The largest absolute Gasteiger partial charge is 0.465 e. The average molecular weight is 300 g/mol. The standard InChI is InChI=1S/C14H24N2O3S/c1-6-15-8-11-9(2)19-10(3)13(11)20(17,18)16-12-7-14(12,4)5/h12,15-16H,6-8H2,1-5H3. The molecule has 5 nitrogen and oxygen atoms in total. The third-order valence-corrected chi connectivity index (χ3v) is 5.62. The lowest BCUT2D eigenvalue weighted by atomic mass is 10.2. The van der Waals surface area contributed by atoms with Crippen molar-refractivity contribution in [1.29, 1.82) is 0 Å². The molecule has 1 unspecified atom stereocenters. The van der Waals surface area contributed by atoms with Gasteiger partial charge in [-0.2, -0.15) is 0 Å². The number of furan rings is 1. The predicted molar refractivity (Wildman–Crippen MR) is 78.1 cm³/mol. The minimum atomic E-state index is -3.52. The molecule has 1 heterocycles. The molecule has 1 saturated carbocycles. The fourth-order valence-electron chi connectivity index (χ4n) is 2.43. The van der Waals surface area contributed by atoms with Crippen LogP contribution in [-0.2, 0) is 16.6 Å². The quantitative estimate of drug-likeness (QED) is 0.844. The summed E-state index contributed by atoms with van der Waals surface area (Å²) in [7, 11) is -3.52. The summed E-state index contributed by atoms with van der Waals surface area (Å²) >= 11 is 0. The van der Waals surface area contributed by atoms with E-state index in [2.05, 4.69) is 23.9 Å². The molecule has 2 N–H and O–H groups in total. The smallest absolute Gasteiger partial charge is 0.244 e. The van der Waals surface area contributed by atoms with E-state index in [1.54, 1.807) is 13.8 Å². The molecule has 0 aliphatic heterocycles. The molecular weight excluding hydrogens is 276 g/mol. The molecule has 1 atom stereocenters. The van der Waals surface area contributed by atoms with Gasteiger partial charge in [0.15, 0.2) is 0 Å². The first-order valence-electron chi connectivity index (χ1n) is 7.01. The Morgan fingerprint density at radius 2 is 1.90 bits per heavy atom. The van der Waals surface area contributed by atoms with Gasteiger partial charge in [-0.25, -0.2) is 13.1 Å². The van der Waals surface area contributed by atoms with Crippen molar-refractivity contribution in [3.63, 3.8) is 0 Å². The van der Waals surface area contributed by atoms with Gasteiger partial charge in [0.2, 0.25) is 10.0 Å². The molecule has 1 fully saturated rings. The van der Waals surface area contributed by atoms with Crippen LogP contribution in [0, 0.1) is 19.3 Å². The van der Waals surface area contributed by atoms with Crippen LogP contribution in [0.3, 0.4) is 0 Å². The molecule has 2 rings (SSSR count). The maximum absolute atomic E-state index is 12.6. The third kappa shape index (κ3) is 2.92. The van der Waals surface area contributed by atoms with Crippen molar-refractivity contribution in [2.75, 3.05) is 6.54 Å². The van der Waals surface area contributed by atoms with Crippen molar-refractivity contribution >= 4 is 10.0 Å². The van der Waals surface area contributed by atoms with Crippen LogP contribution in [0.2, 0.25) is 0 Å². The normalized spacial score (nSPS) is 21.1. The van der Waals surface area contributed by atoms with Crippen LogP contribution in [0.1, 0.15) is 44.3 Å². The van der Waals surface area contributed by atoms with Gasteiger partial charge in [0.1, 0.15) is 16.4 Å². The summed E-state index contributed by atoms with van der Waals surface area (Å²) < 4.78 is 33.5. The first-order valence-corrected chi connectivity index (χ1v) is 8.49. The van der Waals surface area contributed by atoms with E-state index in [0.717, 1.165) is 18.5 Å². The molecule has 1 aliphatic carbocycles. The highest BCUT2D eigenvalue weighted by atomic mass is 32.2. The van der Waals surface area contributed by atoms with Gasteiger partial charge >= 0.3 is 0 Å². The van der Waals surface area contributed by atoms with Crippen molar-refractivity contribution in [3.05, 3.63) is 17.1 Å². The van der Waals surface area contributed by atoms with E-state index in [-0.39, 0.29) is 11.5 Å². The van der Waals surface area contributed by atoms with Crippen molar-refractivity contribution in [2.24, 2.45) is 5.41 Å².